The number of aromatic nitrogens is 3. The summed E-state index contributed by atoms with van der Waals surface area (Å²) >= 11 is 0. The van der Waals surface area contributed by atoms with Crippen LogP contribution in [0.4, 0.5) is 0 Å². The average Bonchev–Trinajstić information content (AvgIpc) is 2.84. The van der Waals surface area contributed by atoms with E-state index in [0.29, 0.717) is 17.1 Å². The SMILES string of the molecule is COc1ccc(C(=O)NC(C)c2nncn2C)cc1O. The first kappa shape index (κ1) is 13.9. The van der Waals surface area contributed by atoms with Gasteiger partial charge in [0.2, 0.25) is 0 Å². The summed E-state index contributed by atoms with van der Waals surface area (Å²) in [6, 6.07) is 4.19. The molecule has 1 heterocycles. The predicted molar refractivity (Wildman–Crippen MR) is 71.5 cm³/mol. The van der Waals surface area contributed by atoms with Crippen LogP contribution in [-0.4, -0.2) is 32.9 Å². The second-order valence-corrected chi connectivity index (χ2v) is 4.38. The fourth-order valence-electron chi connectivity index (χ4n) is 1.86. The van der Waals surface area contributed by atoms with Gasteiger partial charge in [-0.15, -0.1) is 10.2 Å². The molecular weight excluding hydrogens is 260 g/mol. The van der Waals surface area contributed by atoms with Crippen molar-refractivity contribution in [1.29, 1.82) is 0 Å². The molecule has 1 unspecified atom stereocenters. The van der Waals surface area contributed by atoms with Gasteiger partial charge in [0.15, 0.2) is 17.3 Å². The monoisotopic (exact) mass is 276 g/mol. The lowest BCUT2D eigenvalue weighted by molar-refractivity contribution is 0.0937. The Morgan fingerprint density at radius 1 is 1.50 bits per heavy atom. The lowest BCUT2D eigenvalue weighted by atomic mass is 10.1. The topological polar surface area (TPSA) is 89.3 Å². The Hall–Kier alpha value is -2.57. The molecule has 0 saturated heterocycles. The zero-order chi connectivity index (χ0) is 14.7. The van der Waals surface area contributed by atoms with Gasteiger partial charge in [-0.1, -0.05) is 0 Å². The van der Waals surface area contributed by atoms with E-state index in [1.54, 1.807) is 24.0 Å². The summed E-state index contributed by atoms with van der Waals surface area (Å²) in [4.78, 5) is 12.1. The Bertz CT molecular complexity index is 624. The first-order valence-electron chi connectivity index (χ1n) is 6.04. The number of hydrogen-bond donors (Lipinski definition) is 2. The number of carbonyl (C=O) groups is 1. The second kappa shape index (κ2) is 5.60. The Morgan fingerprint density at radius 3 is 2.80 bits per heavy atom. The number of nitrogens with zero attached hydrogens (tertiary/aromatic N) is 3. The van der Waals surface area contributed by atoms with E-state index >= 15 is 0 Å². The van der Waals surface area contributed by atoms with Crippen molar-refractivity contribution in [2.24, 2.45) is 7.05 Å². The van der Waals surface area contributed by atoms with Crippen molar-refractivity contribution in [2.75, 3.05) is 7.11 Å². The standard InChI is InChI=1S/C13H16N4O3/c1-8(12-16-14-7-17(12)2)15-13(19)9-4-5-11(20-3)10(18)6-9/h4-8,18H,1-3H3,(H,15,19). The lowest BCUT2D eigenvalue weighted by Gasteiger charge is -2.13. The average molecular weight is 276 g/mol. The highest BCUT2D eigenvalue weighted by atomic mass is 16.5. The van der Waals surface area contributed by atoms with Crippen LogP contribution in [0, 0.1) is 0 Å². The smallest absolute Gasteiger partial charge is 0.252 e. The molecule has 2 rings (SSSR count). The highest BCUT2D eigenvalue weighted by Crippen LogP contribution is 2.26. The number of carbonyl (C=O) groups excluding carboxylic acids is 1. The number of amides is 1. The van der Waals surface area contributed by atoms with E-state index in [4.69, 9.17) is 4.74 Å². The number of benzene rings is 1. The summed E-state index contributed by atoms with van der Waals surface area (Å²) in [7, 11) is 3.25. The predicted octanol–water partition coefficient (Wildman–Crippen LogP) is 1.02. The van der Waals surface area contributed by atoms with Gasteiger partial charge in [0.25, 0.3) is 5.91 Å². The summed E-state index contributed by atoms with van der Waals surface area (Å²) in [5.74, 6) is 0.587. The van der Waals surface area contributed by atoms with Gasteiger partial charge in [-0.25, -0.2) is 0 Å². The molecule has 0 aliphatic carbocycles. The summed E-state index contributed by atoms with van der Waals surface area (Å²) < 4.78 is 6.66. The van der Waals surface area contributed by atoms with Crippen LogP contribution in [0.1, 0.15) is 29.1 Å². The molecule has 7 nitrogen and oxygen atoms in total. The third kappa shape index (κ3) is 2.71. The molecule has 1 amide bonds. The van der Waals surface area contributed by atoms with Gasteiger partial charge in [0.1, 0.15) is 6.33 Å². The maximum atomic E-state index is 12.1. The molecule has 2 aromatic rings. The van der Waals surface area contributed by atoms with Crippen molar-refractivity contribution >= 4 is 5.91 Å². The largest absolute Gasteiger partial charge is 0.504 e. The van der Waals surface area contributed by atoms with Crippen LogP contribution in [-0.2, 0) is 7.05 Å². The van der Waals surface area contributed by atoms with Crippen LogP contribution in [0.5, 0.6) is 11.5 Å². The molecule has 2 N–H and O–H groups in total. The molecule has 0 aliphatic heterocycles. The van der Waals surface area contributed by atoms with Gasteiger partial charge in [-0.05, 0) is 25.1 Å². The maximum Gasteiger partial charge on any atom is 0.252 e. The van der Waals surface area contributed by atoms with E-state index in [0.717, 1.165) is 0 Å². The fourth-order valence-corrected chi connectivity index (χ4v) is 1.86. The van der Waals surface area contributed by atoms with E-state index in [-0.39, 0.29) is 17.7 Å². The summed E-state index contributed by atoms with van der Waals surface area (Å²) in [6.45, 7) is 1.81. The van der Waals surface area contributed by atoms with Gasteiger partial charge in [0, 0.05) is 12.6 Å². The zero-order valence-corrected chi connectivity index (χ0v) is 11.5. The molecular formula is C13H16N4O3. The fraction of sp³-hybridized carbons (Fsp3) is 0.308. The van der Waals surface area contributed by atoms with Crippen LogP contribution in [0.2, 0.25) is 0 Å². The third-order valence-electron chi connectivity index (χ3n) is 2.92. The molecule has 0 radical (unpaired) electrons. The Labute approximate surface area is 116 Å². The van der Waals surface area contributed by atoms with Crippen LogP contribution in [0.15, 0.2) is 24.5 Å². The van der Waals surface area contributed by atoms with Gasteiger partial charge in [0.05, 0.1) is 13.2 Å². The number of phenolic OH excluding ortho intramolecular Hbond substituents is 1. The molecule has 0 saturated carbocycles. The number of phenols is 1. The van der Waals surface area contributed by atoms with Gasteiger partial charge in [-0.3, -0.25) is 4.79 Å². The van der Waals surface area contributed by atoms with Crippen LogP contribution >= 0.6 is 0 Å². The third-order valence-corrected chi connectivity index (χ3v) is 2.92. The summed E-state index contributed by atoms with van der Waals surface area (Å²) in [5.41, 5.74) is 0.345. The number of aromatic hydroxyl groups is 1. The zero-order valence-electron chi connectivity index (χ0n) is 11.5. The minimum atomic E-state index is -0.307. The molecule has 0 aliphatic rings. The van der Waals surface area contributed by atoms with Gasteiger partial charge in [-0.2, -0.15) is 0 Å². The summed E-state index contributed by atoms with van der Waals surface area (Å²) in [5, 5.41) is 20.2. The molecule has 0 spiro atoms. The number of aryl methyl sites for hydroxylation is 1. The van der Waals surface area contributed by atoms with Crippen molar-refractivity contribution in [2.45, 2.75) is 13.0 Å². The van der Waals surface area contributed by atoms with Crippen LogP contribution < -0.4 is 10.1 Å². The Morgan fingerprint density at radius 2 is 2.25 bits per heavy atom. The van der Waals surface area contributed by atoms with E-state index in [9.17, 15) is 9.90 Å². The summed E-state index contributed by atoms with van der Waals surface area (Å²) in [6.07, 6.45) is 1.57. The van der Waals surface area contributed by atoms with Crippen LogP contribution in [0.3, 0.4) is 0 Å². The molecule has 20 heavy (non-hydrogen) atoms. The number of hydrogen-bond acceptors (Lipinski definition) is 5. The molecule has 1 aromatic heterocycles. The Kier molecular flexibility index (Phi) is 3.88. The first-order valence-corrected chi connectivity index (χ1v) is 6.04. The normalized spacial score (nSPS) is 11.9. The van der Waals surface area contributed by atoms with Crippen molar-refractivity contribution in [3.63, 3.8) is 0 Å². The highest BCUT2D eigenvalue weighted by Gasteiger charge is 2.16. The van der Waals surface area contributed by atoms with Crippen LogP contribution in [0.25, 0.3) is 0 Å². The molecule has 0 bridgehead atoms. The van der Waals surface area contributed by atoms with Crippen molar-refractivity contribution < 1.29 is 14.6 Å². The molecule has 0 fully saturated rings. The maximum absolute atomic E-state index is 12.1. The lowest BCUT2D eigenvalue weighted by Crippen LogP contribution is -2.28. The molecule has 7 heteroatoms. The molecule has 1 aromatic carbocycles. The van der Waals surface area contributed by atoms with Gasteiger partial charge >= 0.3 is 0 Å². The minimum Gasteiger partial charge on any atom is -0.504 e. The minimum absolute atomic E-state index is 0.0774. The van der Waals surface area contributed by atoms with E-state index < -0.39 is 0 Å². The van der Waals surface area contributed by atoms with Crippen molar-refractivity contribution in [3.8, 4) is 11.5 Å². The van der Waals surface area contributed by atoms with Crippen molar-refractivity contribution in [3.05, 3.63) is 35.9 Å². The number of methoxy groups -OCH3 is 1. The van der Waals surface area contributed by atoms with Gasteiger partial charge < -0.3 is 19.7 Å². The highest BCUT2D eigenvalue weighted by molar-refractivity contribution is 5.95. The molecule has 1 atom stereocenters. The Balaban J connectivity index is 2.12. The quantitative estimate of drug-likeness (QED) is 0.870. The van der Waals surface area contributed by atoms with E-state index in [1.165, 1.54) is 19.2 Å². The van der Waals surface area contributed by atoms with Crippen molar-refractivity contribution in [1.82, 2.24) is 20.1 Å². The van der Waals surface area contributed by atoms with E-state index in [2.05, 4.69) is 15.5 Å². The number of rotatable bonds is 4. The number of ether oxygens (including phenoxy) is 1. The second-order valence-electron chi connectivity index (χ2n) is 4.38. The first-order chi connectivity index (χ1) is 9.52. The molecule has 106 valence electrons. The number of nitrogens with one attached hydrogen (secondary N) is 1. The van der Waals surface area contributed by atoms with E-state index in [1.807, 2.05) is 6.92 Å².